The van der Waals surface area contributed by atoms with Crippen LogP contribution in [0.25, 0.3) is 0 Å². The van der Waals surface area contributed by atoms with Crippen LogP contribution < -0.4 is 5.73 Å². The molecule has 0 aliphatic heterocycles. The van der Waals surface area contributed by atoms with Crippen LogP contribution in [0.1, 0.15) is 6.42 Å². The van der Waals surface area contributed by atoms with Crippen molar-refractivity contribution in [3.63, 3.8) is 0 Å². The number of carbonyl (C=O) groups is 3. The van der Waals surface area contributed by atoms with Gasteiger partial charge in [-0.2, -0.15) is 11.8 Å². The highest BCUT2D eigenvalue weighted by molar-refractivity contribution is 7.98. The summed E-state index contributed by atoms with van der Waals surface area (Å²) < 4.78 is 0. The summed E-state index contributed by atoms with van der Waals surface area (Å²) >= 11 is 1.60. The van der Waals surface area contributed by atoms with Crippen LogP contribution in [0.5, 0.6) is 0 Å². The van der Waals surface area contributed by atoms with Gasteiger partial charge in [0, 0.05) is 12.2 Å². The molecular formula is C9H15NO6S. The Morgan fingerprint density at radius 2 is 1.59 bits per heavy atom. The fourth-order valence-corrected chi connectivity index (χ4v) is 1.00. The van der Waals surface area contributed by atoms with E-state index in [0.29, 0.717) is 18.6 Å². The molecule has 0 spiro atoms. The molecule has 8 heteroatoms. The topological polar surface area (TPSA) is 138 Å². The Bertz CT molecular complexity index is 275. The molecule has 0 saturated carbocycles. The van der Waals surface area contributed by atoms with Crippen molar-refractivity contribution in [3.05, 3.63) is 12.2 Å². The molecule has 0 fully saturated rings. The minimum atomic E-state index is -1.26. The second kappa shape index (κ2) is 11.0. The third-order valence-corrected chi connectivity index (χ3v) is 1.96. The van der Waals surface area contributed by atoms with Gasteiger partial charge in [0.05, 0.1) is 0 Å². The minimum Gasteiger partial charge on any atom is -0.480 e. The van der Waals surface area contributed by atoms with Gasteiger partial charge in [0.2, 0.25) is 0 Å². The molecule has 17 heavy (non-hydrogen) atoms. The van der Waals surface area contributed by atoms with E-state index in [1.54, 1.807) is 11.8 Å². The van der Waals surface area contributed by atoms with Gasteiger partial charge in [-0.25, -0.2) is 9.59 Å². The standard InChI is InChI=1S/C5H11NO2S.C4H4O4/c1-9-3-2-4(6)5(7)8;5-3(6)1-2-4(7)8/h4H,2-3,6H2,1H3,(H,7,8);1-2H,(H,5,6)(H,7,8)/t4-;/m0./s1. The summed E-state index contributed by atoms with van der Waals surface area (Å²) in [6, 6.07) is -0.683. The Balaban J connectivity index is 0. The monoisotopic (exact) mass is 265 g/mol. The summed E-state index contributed by atoms with van der Waals surface area (Å²) in [7, 11) is 0. The Labute approximate surface area is 102 Å². The Hall–Kier alpha value is -1.54. The average molecular weight is 265 g/mol. The van der Waals surface area contributed by atoms with Crippen molar-refractivity contribution >= 4 is 29.7 Å². The molecule has 0 aromatic rings. The quantitative estimate of drug-likeness (QED) is 0.487. The van der Waals surface area contributed by atoms with Gasteiger partial charge in [-0.1, -0.05) is 0 Å². The molecular weight excluding hydrogens is 250 g/mol. The first-order chi connectivity index (χ1) is 7.81. The van der Waals surface area contributed by atoms with E-state index in [2.05, 4.69) is 0 Å². The molecule has 0 aliphatic carbocycles. The first kappa shape index (κ1) is 17.8. The molecule has 7 nitrogen and oxygen atoms in total. The maximum Gasteiger partial charge on any atom is 0.328 e. The molecule has 0 unspecified atom stereocenters. The van der Waals surface area contributed by atoms with E-state index >= 15 is 0 Å². The van der Waals surface area contributed by atoms with Crippen LogP contribution in [0.15, 0.2) is 12.2 Å². The number of hydrogen-bond acceptors (Lipinski definition) is 5. The molecule has 0 bridgehead atoms. The van der Waals surface area contributed by atoms with E-state index in [9.17, 15) is 14.4 Å². The van der Waals surface area contributed by atoms with Crippen molar-refractivity contribution in [1.82, 2.24) is 0 Å². The third kappa shape index (κ3) is 17.1. The van der Waals surface area contributed by atoms with Crippen LogP contribution in [-0.2, 0) is 14.4 Å². The smallest absolute Gasteiger partial charge is 0.328 e. The molecule has 0 radical (unpaired) electrons. The molecule has 5 N–H and O–H groups in total. The average Bonchev–Trinajstić information content (AvgIpc) is 2.23. The Morgan fingerprint density at radius 1 is 1.18 bits per heavy atom. The number of hydrogen-bond donors (Lipinski definition) is 4. The van der Waals surface area contributed by atoms with Gasteiger partial charge < -0.3 is 21.1 Å². The molecule has 0 saturated heterocycles. The summed E-state index contributed by atoms with van der Waals surface area (Å²) in [6.07, 6.45) is 3.59. The van der Waals surface area contributed by atoms with Crippen molar-refractivity contribution in [2.75, 3.05) is 12.0 Å². The van der Waals surface area contributed by atoms with Crippen molar-refractivity contribution in [1.29, 1.82) is 0 Å². The van der Waals surface area contributed by atoms with Crippen LogP contribution in [0.4, 0.5) is 0 Å². The highest BCUT2D eigenvalue weighted by Gasteiger charge is 2.08. The lowest BCUT2D eigenvalue weighted by molar-refractivity contribution is -0.138. The molecule has 0 rings (SSSR count). The number of rotatable bonds is 6. The van der Waals surface area contributed by atoms with Crippen LogP contribution in [-0.4, -0.2) is 51.3 Å². The van der Waals surface area contributed by atoms with E-state index in [1.807, 2.05) is 6.26 Å². The van der Waals surface area contributed by atoms with Crippen LogP contribution in [0.2, 0.25) is 0 Å². The Kier molecular flexibility index (Phi) is 11.5. The lowest BCUT2D eigenvalue weighted by Crippen LogP contribution is -2.30. The number of nitrogens with two attached hydrogens (primary N) is 1. The minimum absolute atomic E-state index is 0.552. The van der Waals surface area contributed by atoms with Crippen molar-refractivity contribution < 1.29 is 29.7 Å². The maximum absolute atomic E-state index is 10.1. The molecule has 1 atom stereocenters. The normalized spacial score (nSPS) is 11.4. The second-order valence-electron chi connectivity index (χ2n) is 2.74. The zero-order valence-electron chi connectivity index (χ0n) is 9.20. The molecule has 0 amide bonds. The van der Waals surface area contributed by atoms with Crippen LogP contribution in [0, 0.1) is 0 Å². The zero-order chi connectivity index (χ0) is 13.8. The lowest BCUT2D eigenvalue weighted by Gasteiger charge is -2.02. The van der Waals surface area contributed by atoms with Gasteiger partial charge in [-0.3, -0.25) is 4.79 Å². The summed E-state index contributed by atoms with van der Waals surface area (Å²) in [4.78, 5) is 29.2. The van der Waals surface area contributed by atoms with E-state index in [4.69, 9.17) is 21.1 Å². The molecule has 0 aromatic carbocycles. The molecule has 98 valence electrons. The van der Waals surface area contributed by atoms with Crippen molar-refractivity contribution in [3.8, 4) is 0 Å². The zero-order valence-corrected chi connectivity index (χ0v) is 10.0. The van der Waals surface area contributed by atoms with E-state index in [0.717, 1.165) is 5.75 Å². The first-order valence-corrected chi connectivity index (χ1v) is 5.81. The van der Waals surface area contributed by atoms with Gasteiger partial charge >= 0.3 is 17.9 Å². The summed E-state index contributed by atoms with van der Waals surface area (Å²) in [5.41, 5.74) is 5.19. The van der Waals surface area contributed by atoms with Crippen LogP contribution in [0.3, 0.4) is 0 Å². The maximum atomic E-state index is 10.1. The van der Waals surface area contributed by atoms with E-state index < -0.39 is 23.9 Å². The summed E-state index contributed by atoms with van der Waals surface area (Å²) in [5, 5.41) is 23.9. The van der Waals surface area contributed by atoms with E-state index in [-0.39, 0.29) is 0 Å². The number of carboxylic acid groups (broad SMARTS) is 3. The number of carboxylic acids is 3. The van der Waals surface area contributed by atoms with Gasteiger partial charge in [0.1, 0.15) is 6.04 Å². The highest BCUT2D eigenvalue weighted by atomic mass is 32.2. The lowest BCUT2D eigenvalue weighted by atomic mass is 10.2. The second-order valence-corrected chi connectivity index (χ2v) is 3.72. The van der Waals surface area contributed by atoms with Gasteiger partial charge in [-0.15, -0.1) is 0 Å². The van der Waals surface area contributed by atoms with Crippen LogP contribution >= 0.6 is 11.8 Å². The molecule has 0 heterocycles. The predicted molar refractivity (Wildman–Crippen MR) is 63.0 cm³/mol. The molecule has 0 aromatic heterocycles. The molecule has 0 aliphatic rings. The van der Waals surface area contributed by atoms with Gasteiger partial charge in [0.15, 0.2) is 0 Å². The third-order valence-electron chi connectivity index (χ3n) is 1.32. The number of thioether (sulfide) groups is 1. The van der Waals surface area contributed by atoms with Gasteiger partial charge in [0.25, 0.3) is 0 Å². The van der Waals surface area contributed by atoms with Crippen molar-refractivity contribution in [2.45, 2.75) is 12.5 Å². The highest BCUT2D eigenvalue weighted by Crippen LogP contribution is 1.97. The first-order valence-electron chi connectivity index (χ1n) is 4.42. The largest absolute Gasteiger partial charge is 0.480 e. The predicted octanol–water partition coefficient (Wildman–Crippen LogP) is -0.137. The van der Waals surface area contributed by atoms with Crippen molar-refractivity contribution in [2.24, 2.45) is 5.73 Å². The fraction of sp³-hybridized carbons (Fsp3) is 0.444. The summed E-state index contributed by atoms with van der Waals surface area (Å²) in [6.45, 7) is 0. The van der Waals surface area contributed by atoms with E-state index in [1.165, 1.54) is 0 Å². The fourth-order valence-electron chi connectivity index (χ4n) is 0.511. The Morgan fingerprint density at radius 3 is 1.82 bits per heavy atom. The summed E-state index contributed by atoms with van der Waals surface area (Å²) in [5.74, 6) is -2.61. The SMILES string of the molecule is CSCC[C@H](N)C(=O)O.O=C(O)C=CC(=O)O. The number of aliphatic carboxylic acids is 3. The van der Waals surface area contributed by atoms with Gasteiger partial charge in [-0.05, 0) is 18.4 Å².